The van der Waals surface area contributed by atoms with Gasteiger partial charge in [0.15, 0.2) is 5.13 Å². The molecule has 2 heterocycles. The van der Waals surface area contributed by atoms with E-state index in [4.69, 9.17) is 4.74 Å². The summed E-state index contributed by atoms with van der Waals surface area (Å²) < 4.78 is 85.0. The molecular formula is C22H24F6N4O3S. The summed E-state index contributed by atoms with van der Waals surface area (Å²) in [6.07, 6.45) is -8.33. The second-order valence-electron chi connectivity index (χ2n) is 8.15. The fourth-order valence-corrected chi connectivity index (χ4v) is 4.25. The molecule has 7 nitrogen and oxygen atoms in total. The van der Waals surface area contributed by atoms with E-state index in [1.54, 1.807) is 6.92 Å². The van der Waals surface area contributed by atoms with E-state index >= 15 is 0 Å². The number of rotatable bonds is 8. The van der Waals surface area contributed by atoms with Gasteiger partial charge in [0.1, 0.15) is 6.54 Å². The number of carbonyl (C=O) groups is 2. The summed E-state index contributed by atoms with van der Waals surface area (Å²) >= 11 is 1.18. The highest BCUT2D eigenvalue weighted by molar-refractivity contribution is 7.15. The Labute approximate surface area is 207 Å². The summed E-state index contributed by atoms with van der Waals surface area (Å²) in [6.45, 7) is 4.01. The van der Waals surface area contributed by atoms with Crippen LogP contribution in [0, 0.1) is 6.92 Å². The van der Waals surface area contributed by atoms with Crippen molar-refractivity contribution < 1.29 is 40.7 Å². The maximum Gasteiger partial charge on any atom is 0.416 e. The van der Waals surface area contributed by atoms with Crippen LogP contribution >= 0.6 is 11.3 Å². The predicted octanol–water partition coefficient (Wildman–Crippen LogP) is 4.29. The van der Waals surface area contributed by atoms with Crippen LogP contribution in [-0.2, 0) is 21.9 Å². The molecule has 1 aromatic heterocycles. The van der Waals surface area contributed by atoms with Gasteiger partial charge in [0, 0.05) is 42.8 Å². The van der Waals surface area contributed by atoms with Crippen LogP contribution in [0.25, 0.3) is 0 Å². The second-order valence-corrected chi connectivity index (χ2v) is 9.39. The molecule has 0 spiro atoms. The zero-order valence-corrected chi connectivity index (χ0v) is 20.0. The highest BCUT2D eigenvalue weighted by atomic mass is 32.1. The van der Waals surface area contributed by atoms with Crippen molar-refractivity contribution in [3.8, 4) is 0 Å². The molecule has 1 saturated heterocycles. The molecule has 1 aliphatic heterocycles. The minimum atomic E-state index is -5.10. The highest BCUT2D eigenvalue weighted by Crippen LogP contribution is 2.36. The summed E-state index contributed by atoms with van der Waals surface area (Å²) in [7, 11) is 0. The first-order valence-corrected chi connectivity index (χ1v) is 11.8. The first-order chi connectivity index (χ1) is 16.8. The van der Waals surface area contributed by atoms with Gasteiger partial charge < -0.3 is 15.0 Å². The number of amides is 2. The quantitative estimate of drug-likeness (QED) is 0.508. The fraction of sp³-hybridized carbons (Fsp3) is 0.500. The highest BCUT2D eigenvalue weighted by Gasteiger charge is 2.38. The molecule has 0 atom stereocenters. The molecule has 36 heavy (non-hydrogen) atoms. The average Bonchev–Trinajstić information content (AvgIpc) is 3.21. The van der Waals surface area contributed by atoms with Gasteiger partial charge >= 0.3 is 12.4 Å². The van der Waals surface area contributed by atoms with Crippen molar-refractivity contribution >= 4 is 28.3 Å². The molecule has 1 aliphatic rings. The monoisotopic (exact) mass is 538 g/mol. The second kappa shape index (κ2) is 11.6. The summed E-state index contributed by atoms with van der Waals surface area (Å²) in [5.74, 6) is -1.79. The number of morpholine rings is 1. The maximum atomic E-state index is 13.3. The lowest BCUT2D eigenvalue weighted by Crippen LogP contribution is -2.41. The predicted molar refractivity (Wildman–Crippen MR) is 120 cm³/mol. The molecular weight excluding hydrogens is 514 g/mol. The van der Waals surface area contributed by atoms with Gasteiger partial charge in [0.2, 0.25) is 5.91 Å². The van der Waals surface area contributed by atoms with Crippen molar-refractivity contribution in [2.45, 2.75) is 25.7 Å². The first-order valence-electron chi connectivity index (χ1n) is 10.9. The van der Waals surface area contributed by atoms with Gasteiger partial charge in [-0.15, -0.1) is 11.3 Å². The van der Waals surface area contributed by atoms with E-state index in [0.29, 0.717) is 51.4 Å². The van der Waals surface area contributed by atoms with E-state index in [0.717, 1.165) is 9.78 Å². The summed E-state index contributed by atoms with van der Waals surface area (Å²) in [5.41, 5.74) is -4.00. The Morgan fingerprint density at radius 3 is 2.22 bits per heavy atom. The van der Waals surface area contributed by atoms with Crippen LogP contribution in [0.4, 0.5) is 31.5 Å². The third kappa shape index (κ3) is 7.90. The maximum absolute atomic E-state index is 13.3. The van der Waals surface area contributed by atoms with Crippen LogP contribution in [0.5, 0.6) is 0 Å². The largest absolute Gasteiger partial charge is 0.416 e. The van der Waals surface area contributed by atoms with Crippen LogP contribution in [0.3, 0.4) is 0 Å². The van der Waals surface area contributed by atoms with E-state index < -0.39 is 47.4 Å². The lowest BCUT2D eigenvalue weighted by Gasteiger charge is -2.28. The molecule has 0 radical (unpaired) electrons. The van der Waals surface area contributed by atoms with Gasteiger partial charge in [0.05, 0.1) is 24.3 Å². The topological polar surface area (TPSA) is 74.8 Å². The van der Waals surface area contributed by atoms with Crippen molar-refractivity contribution in [2.24, 2.45) is 0 Å². The zero-order chi connectivity index (χ0) is 26.5. The number of hydrogen-bond acceptors (Lipinski definition) is 6. The smallest absolute Gasteiger partial charge is 0.379 e. The van der Waals surface area contributed by atoms with Crippen molar-refractivity contribution in [1.29, 1.82) is 0 Å². The number of nitrogens with one attached hydrogen (secondary N) is 1. The number of ether oxygens (including phenoxy) is 1. The summed E-state index contributed by atoms with van der Waals surface area (Å²) in [4.78, 5) is 33.5. The Morgan fingerprint density at radius 1 is 1.08 bits per heavy atom. The molecule has 0 bridgehead atoms. The summed E-state index contributed by atoms with van der Waals surface area (Å²) in [6, 6.07) is 0.695. The van der Waals surface area contributed by atoms with Gasteiger partial charge in [-0.3, -0.25) is 14.5 Å². The van der Waals surface area contributed by atoms with Gasteiger partial charge in [-0.2, -0.15) is 26.3 Å². The van der Waals surface area contributed by atoms with Crippen LogP contribution in [0.1, 0.15) is 32.8 Å². The standard InChI is InChI=1S/C22H24F6N4O3S/c1-14-12-29-20(36-14)30-18(33)13-32(4-2-3-31-5-7-35-8-6-31)19(34)15-9-16(21(23,24)25)11-17(10-15)22(26,27)28/h9-12H,2-8,13H2,1H3,(H,29,30,33). The number of halogens is 6. The SMILES string of the molecule is Cc1cnc(NC(=O)CN(CCCN2CCOCC2)C(=O)c2cc(C(F)(F)F)cc(C(F)(F)F)c2)s1. The zero-order valence-electron chi connectivity index (χ0n) is 19.2. The third-order valence-corrected chi connectivity index (χ3v) is 6.16. The van der Waals surface area contributed by atoms with Crippen molar-refractivity contribution in [3.63, 3.8) is 0 Å². The molecule has 0 aliphatic carbocycles. The number of alkyl halides is 6. The molecule has 1 aromatic carbocycles. The van der Waals surface area contributed by atoms with E-state index in [1.165, 1.54) is 17.5 Å². The molecule has 2 amide bonds. The fourth-order valence-electron chi connectivity index (χ4n) is 3.57. The Hall–Kier alpha value is -2.71. The van der Waals surface area contributed by atoms with Gasteiger partial charge in [-0.05, 0) is 31.5 Å². The molecule has 3 rings (SSSR count). The number of aryl methyl sites for hydroxylation is 1. The average molecular weight is 539 g/mol. The molecule has 1 N–H and O–H groups in total. The van der Waals surface area contributed by atoms with Gasteiger partial charge in [0.25, 0.3) is 5.91 Å². The Morgan fingerprint density at radius 2 is 1.69 bits per heavy atom. The van der Waals surface area contributed by atoms with Crippen LogP contribution < -0.4 is 5.32 Å². The van der Waals surface area contributed by atoms with Crippen molar-refractivity contribution in [2.75, 3.05) is 51.3 Å². The van der Waals surface area contributed by atoms with Crippen molar-refractivity contribution in [1.82, 2.24) is 14.8 Å². The van der Waals surface area contributed by atoms with E-state index in [2.05, 4.69) is 15.2 Å². The van der Waals surface area contributed by atoms with Crippen molar-refractivity contribution in [3.05, 3.63) is 46.0 Å². The number of carbonyl (C=O) groups excluding carboxylic acids is 2. The van der Waals surface area contributed by atoms with E-state index in [9.17, 15) is 35.9 Å². The van der Waals surface area contributed by atoms with E-state index in [-0.39, 0.29) is 17.7 Å². The Kier molecular flexibility index (Phi) is 8.95. The number of benzene rings is 1. The number of nitrogens with zero attached hydrogens (tertiary/aromatic N) is 3. The lowest BCUT2D eigenvalue weighted by molar-refractivity contribution is -0.143. The Balaban J connectivity index is 1.83. The molecule has 14 heteroatoms. The molecule has 0 unspecified atom stereocenters. The van der Waals surface area contributed by atoms with Gasteiger partial charge in [-0.1, -0.05) is 0 Å². The lowest BCUT2D eigenvalue weighted by atomic mass is 10.0. The van der Waals surface area contributed by atoms with Gasteiger partial charge in [-0.25, -0.2) is 4.98 Å². The molecule has 198 valence electrons. The third-order valence-electron chi connectivity index (χ3n) is 5.33. The van der Waals surface area contributed by atoms with Crippen LogP contribution in [-0.4, -0.2) is 72.5 Å². The first kappa shape index (κ1) is 27.9. The normalized spacial score (nSPS) is 15.1. The number of anilines is 1. The molecule has 0 saturated carbocycles. The minimum Gasteiger partial charge on any atom is -0.379 e. The minimum absolute atomic E-state index is 0.0446. The Bertz CT molecular complexity index is 1030. The van der Waals surface area contributed by atoms with Crippen LogP contribution in [0.15, 0.2) is 24.4 Å². The summed E-state index contributed by atoms with van der Waals surface area (Å²) in [5, 5.41) is 2.76. The number of thiazole rings is 1. The van der Waals surface area contributed by atoms with Crippen LogP contribution in [0.2, 0.25) is 0 Å². The number of hydrogen-bond donors (Lipinski definition) is 1. The molecule has 2 aromatic rings. The number of aromatic nitrogens is 1. The molecule has 1 fully saturated rings. The van der Waals surface area contributed by atoms with E-state index in [1.807, 2.05) is 0 Å².